The molecule has 0 aromatic carbocycles. The third kappa shape index (κ3) is 1.91. The highest BCUT2D eigenvalue weighted by Gasteiger charge is 2.84. The van der Waals surface area contributed by atoms with E-state index >= 15 is 0 Å². The van der Waals surface area contributed by atoms with Gasteiger partial charge in [0, 0.05) is 16.9 Å². The third-order valence-corrected chi connectivity index (χ3v) is 7.19. The Morgan fingerprint density at radius 1 is 1.40 bits per heavy atom. The fourth-order valence-electron chi connectivity index (χ4n) is 5.41. The van der Waals surface area contributed by atoms with Gasteiger partial charge in [-0.1, -0.05) is 26.0 Å². The fraction of sp³-hybridized carbons (Fsp3) is 0.737. The molecule has 0 unspecified atom stereocenters. The maximum atomic E-state index is 12.1. The molecule has 25 heavy (non-hydrogen) atoms. The predicted molar refractivity (Wildman–Crippen MR) is 88.6 cm³/mol. The third-order valence-electron chi connectivity index (χ3n) is 7.19. The number of fused-ring (bicyclic) bond motifs is 2. The first-order valence-electron chi connectivity index (χ1n) is 8.88. The average Bonchev–Trinajstić information content (AvgIpc) is 3.32. The molecule has 2 heterocycles. The van der Waals surface area contributed by atoms with Crippen LogP contribution in [0.2, 0.25) is 0 Å². The molecule has 4 aliphatic rings. The van der Waals surface area contributed by atoms with Gasteiger partial charge in [0.1, 0.15) is 23.9 Å². The smallest absolute Gasteiger partial charge is 0.330 e. The van der Waals surface area contributed by atoms with Gasteiger partial charge in [0.15, 0.2) is 0 Å². The van der Waals surface area contributed by atoms with E-state index in [1.54, 1.807) is 13.0 Å². The van der Waals surface area contributed by atoms with Gasteiger partial charge in [-0.05, 0) is 25.8 Å². The predicted octanol–water partition coefficient (Wildman–Crippen LogP) is 1.11. The van der Waals surface area contributed by atoms with Crippen molar-refractivity contribution in [2.75, 3.05) is 6.61 Å². The normalized spacial score (nSPS) is 53.7. The van der Waals surface area contributed by atoms with E-state index in [4.69, 9.17) is 14.2 Å². The van der Waals surface area contributed by atoms with E-state index in [0.717, 1.165) is 5.57 Å². The van der Waals surface area contributed by atoms with Crippen LogP contribution in [0.15, 0.2) is 23.8 Å². The van der Waals surface area contributed by atoms with Crippen molar-refractivity contribution in [3.05, 3.63) is 23.8 Å². The lowest BCUT2D eigenvalue weighted by Gasteiger charge is -2.57. The number of allylic oxidation sites excluding steroid dienone is 1. The number of ether oxygens (including phenoxy) is 3. The van der Waals surface area contributed by atoms with Crippen LogP contribution in [0.5, 0.6) is 0 Å². The molecule has 2 N–H and O–H groups in total. The van der Waals surface area contributed by atoms with Crippen LogP contribution in [0, 0.1) is 10.8 Å². The number of rotatable bonds is 2. The number of epoxide rings is 1. The van der Waals surface area contributed by atoms with E-state index in [1.807, 2.05) is 26.8 Å². The van der Waals surface area contributed by atoms with Gasteiger partial charge in [-0.3, -0.25) is 0 Å². The molecule has 6 nitrogen and oxygen atoms in total. The van der Waals surface area contributed by atoms with E-state index in [9.17, 15) is 15.0 Å². The minimum atomic E-state index is -0.963. The monoisotopic (exact) mass is 350 g/mol. The summed E-state index contributed by atoms with van der Waals surface area (Å²) in [5, 5.41) is 21.4. The van der Waals surface area contributed by atoms with E-state index in [-0.39, 0.29) is 6.10 Å². The molecule has 2 bridgehead atoms. The molecule has 2 aliphatic carbocycles. The maximum Gasteiger partial charge on any atom is 0.330 e. The van der Waals surface area contributed by atoms with Gasteiger partial charge in [-0.15, -0.1) is 0 Å². The Kier molecular flexibility index (Phi) is 3.55. The molecule has 0 radical (unpaired) electrons. The highest BCUT2D eigenvalue weighted by Crippen LogP contribution is 2.71. The number of hydrogen-bond acceptors (Lipinski definition) is 6. The Labute approximate surface area is 147 Å². The molecule has 138 valence electrons. The van der Waals surface area contributed by atoms with Crippen molar-refractivity contribution in [1.29, 1.82) is 0 Å². The molecule has 3 fully saturated rings. The summed E-state index contributed by atoms with van der Waals surface area (Å²) in [5.74, 6) is -0.487. The van der Waals surface area contributed by atoms with Crippen LogP contribution in [0.3, 0.4) is 0 Å². The quantitative estimate of drug-likeness (QED) is 0.336. The largest absolute Gasteiger partial charge is 0.456 e. The SMILES string of the molecule is C/C=C\C(=O)O[C@@H]1[C@@H](O)[C@H]2O[C@@H]3C=C(C)[C@@H](O)C[C@]3(C)[C@]1(C)[C@]21CO1. The number of carbonyl (C=O) groups excluding carboxylic acids is 1. The van der Waals surface area contributed by atoms with Gasteiger partial charge in [-0.2, -0.15) is 0 Å². The second-order valence-electron chi connectivity index (χ2n) is 8.25. The summed E-state index contributed by atoms with van der Waals surface area (Å²) in [6.07, 6.45) is 2.26. The lowest BCUT2D eigenvalue weighted by Crippen LogP contribution is -2.65. The van der Waals surface area contributed by atoms with Crippen molar-refractivity contribution in [3.8, 4) is 0 Å². The van der Waals surface area contributed by atoms with Gasteiger partial charge in [-0.25, -0.2) is 4.79 Å². The number of carbonyl (C=O) groups is 1. The number of hydrogen-bond donors (Lipinski definition) is 2. The topological polar surface area (TPSA) is 88.5 Å². The zero-order valence-corrected chi connectivity index (χ0v) is 15.1. The fourth-order valence-corrected chi connectivity index (χ4v) is 5.41. The molecule has 4 rings (SSSR count). The van der Waals surface area contributed by atoms with Crippen LogP contribution >= 0.6 is 0 Å². The molecule has 6 heteroatoms. The summed E-state index contributed by atoms with van der Waals surface area (Å²) in [6.45, 7) is 8.13. The summed E-state index contributed by atoms with van der Waals surface area (Å²) >= 11 is 0. The van der Waals surface area contributed by atoms with Gasteiger partial charge >= 0.3 is 5.97 Å². The van der Waals surface area contributed by atoms with Gasteiger partial charge in [0.25, 0.3) is 0 Å². The van der Waals surface area contributed by atoms with Crippen molar-refractivity contribution in [3.63, 3.8) is 0 Å². The number of esters is 1. The van der Waals surface area contributed by atoms with Crippen molar-refractivity contribution < 1.29 is 29.2 Å². The van der Waals surface area contributed by atoms with Crippen molar-refractivity contribution >= 4 is 5.97 Å². The maximum absolute atomic E-state index is 12.1. The molecule has 0 aromatic heterocycles. The molecule has 2 saturated heterocycles. The minimum Gasteiger partial charge on any atom is -0.456 e. The van der Waals surface area contributed by atoms with Gasteiger partial charge < -0.3 is 24.4 Å². The highest BCUT2D eigenvalue weighted by molar-refractivity contribution is 5.82. The van der Waals surface area contributed by atoms with Crippen molar-refractivity contribution in [2.24, 2.45) is 10.8 Å². The number of aliphatic hydroxyl groups excluding tert-OH is 2. The molecule has 0 aromatic rings. The van der Waals surface area contributed by atoms with Crippen LogP contribution < -0.4 is 0 Å². The Balaban J connectivity index is 1.81. The van der Waals surface area contributed by atoms with Crippen molar-refractivity contribution in [1.82, 2.24) is 0 Å². The van der Waals surface area contributed by atoms with Gasteiger partial charge in [0.05, 0.1) is 18.8 Å². The molecule has 1 saturated carbocycles. The Morgan fingerprint density at radius 2 is 2.08 bits per heavy atom. The Bertz CT molecular complexity index is 665. The van der Waals surface area contributed by atoms with Crippen LogP contribution in [0.1, 0.15) is 34.1 Å². The average molecular weight is 350 g/mol. The second-order valence-corrected chi connectivity index (χ2v) is 8.25. The van der Waals surface area contributed by atoms with Crippen LogP contribution in [-0.4, -0.2) is 58.9 Å². The van der Waals surface area contributed by atoms with Crippen LogP contribution in [0.4, 0.5) is 0 Å². The molecular formula is C19H26O6. The first-order valence-corrected chi connectivity index (χ1v) is 8.88. The standard InChI is InChI=1S/C19H26O6/c1-5-6-13(21)25-15-14(22)16-19(9-23-19)18(15,4)17(3)8-11(20)10(2)7-12(17)24-16/h5-7,11-12,14-16,20,22H,8-9H2,1-4H3/b6-5-/t11-,12+,14+,15+,16+,17-,18+,19-/m0/s1. The first kappa shape index (κ1) is 17.2. The first-order chi connectivity index (χ1) is 11.7. The zero-order chi connectivity index (χ0) is 18.2. The lowest BCUT2D eigenvalue weighted by molar-refractivity contribution is -0.216. The Hall–Kier alpha value is -1.21. The molecule has 2 aliphatic heterocycles. The summed E-state index contributed by atoms with van der Waals surface area (Å²) in [6, 6.07) is 0. The van der Waals surface area contributed by atoms with Crippen LogP contribution in [-0.2, 0) is 19.0 Å². The second kappa shape index (κ2) is 5.16. The van der Waals surface area contributed by atoms with Crippen molar-refractivity contribution in [2.45, 2.75) is 70.2 Å². The summed E-state index contributed by atoms with van der Waals surface area (Å²) in [5.41, 5.74) is -0.994. The molecular weight excluding hydrogens is 324 g/mol. The summed E-state index contributed by atoms with van der Waals surface area (Å²) in [7, 11) is 0. The minimum absolute atomic E-state index is 0.263. The number of aliphatic hydroxyl groups is 2. The van der Waals surface area contributed by atoms with E-state index < -0.39 is 46.8 Å². The van der Waals surface area contributed by atoms with Gasteiger partial charge in [0.2, 0.25) is 0 Å². The zero-order valence-electron chi connectivity index (χ0n) is 15.1. The molecule has 1 spiro atoms. The lowest BCUT2D eigenvalue weighted by atomic mass is 9.51. The summed E-state index contributed by atoms with van der Waals surface area (Å²) < 4.78 is 17.8. The molecule has 0 amide bonds. The van der Waals surface area contributed by atoms with E-state index in [1.165, 1.54) is 6.08 Å². The Morgan fingerprint density at radius 3 is 2.68 bits per heavy atom. The van der Waals surface area contributed by atoms with E-state index in [2.05, 4.69) is 0 Å². The van der Waals surface area contributed by atoms with Crippen LogP contribution in [0.25, 0.3) is 0 Å². The summed E-state index contributed by atoms with van der Waals surface area (Å²) in [4.78, 5) is 12.1. The highest BCUT2D eigenvalue weighted by atomic mass is 16.7. The van der Waals surface area contributed by atoms with E-state index in [0.29, 0.717) is 13.0 Å². The molecule has 8 atom stereocenters.